The minimum absolute atomic E-state index is 0.0185. The Morgan fingerprint density at radius 1 is 1.07 bits per heavy atom. The number of rotatable bonds is 9. The molecule has 8 heteroatoms. The molecule has 0 amide bonds. The molecule has 8 nitrogen and oxygen atoms in total. The van der Waals surface area contributed by atoms with Gasteiger partial charge in [-0.3, -0.25) is 19.8 Å². The van der Waals surface area contributed by atoms with Crippen molar-refractivity contribution in [2.24, 2.45) is 27.6 Å². The fourth-order valence-corrected chi connectivity index (χ4v) is 4.22. The van der Waals surface area contributed by atoms with Crippen molar-refractivity contribution < 1.29 is 15.0 Å². The number of nitrogens with zero attached hydrogens (tertiary/aromatic N) is 3. The lowest BCUT2D eigenvalue weighted by molar-refractivity contribution is -0.138. The first kappa shape index (κ1) is 34.9. The van der Waals surface area contributed by atoms with E-state index in [-0.39, 0.29) is 18.4 Å². The number of hydrogen-bond acceptors (Lipinski definition) is 7. The summed E-state index contributed by atoms with van der Waals surface area (Å²) in [6, 6.07) is 18.9. The van der Waals surface area contributed by atoms with Gasteiger partial charge in [0.15, 0.2) is 0 Å². The lowest BCUT2D eigenvalue weighted by atomic mass is 9.91. The molecule has 0 bridgehead atoms. The third-order valence-electron chi connectivity index (χ3n) is 6.56. The number of allylic oxidation sites excluding steroid dienone is 1. The standard InChI is InChI=1S/C28H33N5O.C4H6O2.C3H8/c1-18(2)27(20(4)33-25-14-9-15-32-19(25)3)28(30)22-12-8-13-24(29)23(22)16-31-17-26(34)21-10-6-5-7-11-21;5-4(6)3-1-2-3;1-3-2/h5-16,18,26,34H,17,29-30H2,1-4H3;3H,1-2H2,(H,5,6);3H2,1-2H3/b28-27-,31-16?,33-20?;;. The molecule has 6 N–H and O–H groups in total. The molecule has 4 rings (SSSR count). The van der Waals surface area contributed by atoms with Crippen LogP contribution in [-0.4, -0.2) is 39.6 Å². The summed E-state index contributed by atoms with van der Waals surface area (Å²) < 4.78 is 0. The van der Waals surface area contributed by atoms with E-state index in [0.29, 0.717) is 11.4 Å². The lowest BCUT2D eigenvalue weighted by Gasteiger charge is -2.18. The summed E-state index contributed by atoms with van der Waals surface area (Å²) in [5.41, 5.74) is 20.0. The van der Waals surface area contributed by atoms with Crippen molar-refractivity contribution in [1.29, 1.82) is 0 Å². The number of aliphatic imine (C=N–C) groups is 2. The molecule has 1 heterocycles. The summed E-state index contributed by atoms with van der Waals surface area (Å²) in [7, 11) is 0. The number of carbonyl (C=O) groups is 1. The van der Waals surface area contributed by atoms with Crippen molar-refractivity contribution in [2.75, 3.05) is 12.3 Å². The second-order valence-electron chi connectivity index (χ2n) is 10.8. The summed E-state index contributed by atoms with van der Waals surface area (Å²) in [5, 5.41) is 18.5. The number of aliphatic hydroxyl groups is 1. The fourth-order valence-electron chi connectivity index (χ4n) is 4.22. The molecule has 0 radical (unpaired) electrons. The van der Waals surface area contributed by atoms with E-state index in [9.17, 15) is 9.90 Å². The normalized spacial score (nSPS) is 14.3. The number of carboxylic acid groups (broad SMARTS) is 1. The van der Waals surface area contributed by atoms with Crippen LogP contribution >= 0.6 is 0 Å². The Hall–Kier alpha value is -4.30. The number of nitrogens with two attached hydrogens (primary N) is 2. The maximum atomic E-state index is 10.4. The third kappa shape index (κ3) is 11.1. The van der Waals surface area contributed by atoms with Gasteiger partial charge in [0.25, 0.3) is 0 Å². The third-order valence-corrected chi connectivity index (χ3v) is 6.56. The second kappa shape index (κ2) is 17.6. The summed E-state index contributed by atoms with van der Waals surface area (Å²) >= 11 is 0. The maximum Gasteiger partial charge on any atom is 0.306 e. The molecule has 1 aliphatic carbocycles. The SMILES string of the molecule is CC(=Nc1cccnc1C)/C(=C(\N)c1cccc(N)c1C=NCC(O)c1ccccc1)C(C)C.CCC.O=C(O)C1CC1. The highest BCUT2D eigenvalue weighted by atomic mass is 16.4. The van der Waals surface area contributed by atoms with E-state index in [0.717, 1.165) is 52.2 Å². The van der Waals surface area contributed by atoms with Gasteiger partial charge >= 0.3 is 5.97 Å². The molecule has 2 aromatic carbocycles. The molecule has 230 valence electrons. The van der Waals surface area contributed by atoms with Crippen molar-refractivity contribution in [2.45, 2.75) is 66.9 Å². The van der Waals surface area contributed by atoms with Gasteiger partial charge in [0.2, 0.25) is 0 Å². The predicted octanol–water partition coefficient (Wildman–Crippen LogP) is 7.14. The quantitative estimate of drug-likeness (QED) is 0.155. The maximum absolute atomic E-state index is 10.4. The average Bonchev–Trinajstić information content (AvgIpc) is 3.82. The monoisotopic (exact) mass is 585 g/mol. The highest BCUT2D eigenvalue weighted by Crippen LogP contribution is 2.29. The van der Waals surface area contributed by atoms with Gasteiger partial charge in [-0.1, -0.05) is 76.6 Å². The smallest absolute Gasteiger partial charge is 0.306 e. The fraction of sp³-hybridized carbons (Fsp3) is 0.371. The number of benzene rings is 2. The van der Waals surface area contributed by atoms with Gasteiger partial charge in [0, 0.05) is 40.6 Å². The van der Waals surface area contributed by atoms with Gasteiger partial charge in [-0.25, -0.2) is 0 Å². The first-order chi connectivity index (χ1) is 20.5. The molecule has 0 aliphatic heterocycles. The molecule has 1 saturated carbocycles. The second-order valence-corrected chi connectivity index (χ2v) is 10.8. The van der Waals surface area contributed by atoms with E-state index in [2.05, 4.69) is 37.7 Å². The first-order valence-electron chi connectivity index (χ1n) is 14.8. The van der Waals surface area contributed by atoms with Crippen LogP contribution in [0.15, 0.2) is 82.4 Å². The van der Waals surface area contributed by atoms with Gasteiger partial charge in [0.05, 0.1) is 29.9 Å². The Labute approximate surface area is 256 Å². The van der Waals surface area contributed by atoms with Crippen molar-refractivity contribution in [1.82, 2.24) is 4.98 Å². The van der Waals surface area contributed by atoms with Crippen LogP contribution in [0.1, 0.15) is 82.4 Å². The number of pyridine rings is 1. The van der Waals surface area contributed by atoms with Crippen molar-refractivity contribution in [3.05, 3.63) is 94.8 Å². The molecule has 43 heavy (non-hydrogen) atoms. The van der Waals surface area contributed by atoms with Crippen LogP contribution in [0.3, 0.4) is 0 Å². The minimum atomic E-state index is -0.693. The number of aryl methyl sites for hydroxylation is 1. The van der Waals surface area contributed by atoms with Crippen LogP contribution < -0.4 is 11.5 Å². The van der Waals surface area contributed by atoms with E-state index < -0.39 is 12.1 Å². The van der Waals surface area contributed by atoms with Crippen LogP contribution in [0.4, 0.5) is 11.4 Å². The Bertz CT molecular complexity index is 1410. The van der Waals surface area contributed by atoms with E-state index in [1.807, 2.05) is 74.5 Å². The van der Waals surface area contributed by atoms with Crippen molar-refractivity contribution in [3.8, 4) is 0 Å². The molecule has 3 aromatic rings. The Morgan fingerprint density at radius 2 is 1.72 bits per heavy atom. The largest absolute Gasteiger partial charge is 0.481 e. The molecule has 1 unspecified atom stereocenters. The molecule has 1 fully saturated rings. The van der Waals surface area contributed by atoms with Crippen LogP contribution in [0, 0.1) is 18.8 Å². The highest BCUT2D eigenvalue weighted by Gasteiger charge is 2.28. The Kier molecular flexibility index (Phi) is 14.3. The number of nitrogen functional groups attached to an aromatic ring is 1. The summed E-state index contributed by atoms with van der Waals surface area (Å²) in [4.78, 5) is 23.4. The lowest BCUT2D eigenvalue weighted by Crippen LogP contribution is -2.15. The Balaban J connectivity index is 0.000000618. The van der Waals surface area contributed by atoms with Crippen LogP contribution in [-0.2, 0) is 4.79 Å². The highest BCUT2D eigenvalue weighted by molar-refractivity contribution is 6.07. The number of aliphatic carboxylic acids is 1. The summed E-state index contributed by atoms with van der Waals surface area (Å²) in [5.74, 6) is -0.480. The van der Waals surface area contributed by atoms with Crippen LogP contribution in [0.2, 0.25) is 0 Å². The molecular formula is C35H47N5O3. The van der Waals surface area contributed by atoms with E-state index in [1.165, 1.54) is 6.42 Å². The molecule has 1 aliphatic rings. The molecule has 0 spiro atoms. The number of aromatic nitrogens is 1. The van der Waals surface area contributed by atoms with Crippen molar-refractivity contribution in [3.63, 3.8) is 0 Å². The average molecular weight is 586 g/mol. The number of hydrogen-bond donors (Lipinski definition) is 4. The minimum Gasteiger partial charge on any atom is -0.481 e. The summed E-state index contributed by atoms with van der Waals surface area (Å²) in [6.45, 7) is 12.6. The van der Waals surface area contributed by atoms with Gasteiger partial charge < -0.3 is 21.7 Å². The van der Waals surface area contributed by atoms with Gasteiger partial charge in [-0.2, -0.15) is 0 Å². The molecule has 1 aromatic heterocycles. The van der Waals surface area contributed by atoms with Crippen LogP contribution in [0.5, 0.6) is 0 Å². The van der Waals surface area contributed by atoms with Crippen LogP contribution in [0.25, 0.3) is 5.70 Å². The topological polar surface area (TPSA) is 147 Å². The molecule has 0 saturated heterocycles. The first-order valence-corrected chi connectivity index (χ1v) is 14.8. The number of aliphatic hydroxyl groups excluding tert-OH is 1. The predicted molar refractivity (Wildman–Crippen MR) is 179 cm³/mol. The van der Waals surface area contributed by atoms with E-state index in [4.69, 9.17) is 21.6 Å². The van der Waals surface area contributed by atoms with Gasteiger partial charge in [0.1, 0.15) is 0 Å². The number of carboxylic acids is 1. The summed E-state index contributed by atoms with van der Waals surface area (Å²) in [6.07, 6.45) is 5.80. The molecular weight excluding hydrogens is 538 g/mol. The zero-order valence-corrected chi connectivity index (χ0v) is 26.3. The zero-order chi connectivity index (χ0) is 31.9. The van der Waals surface area contributed by atoms with Crippen molar-refractivity contribution >= 4 is 35.0 Å². The van der Waals surface area contributed by atoms with E-state index in [1.54, 1.807) is 12.4 Å². The zero-order valence-electron chi connectivity index (χ0n) is 26.3. The number of anilines is 1. The molecule has 1 atom stereocenters. The van der Waals surface area contributed by atoms with Gasteiger partial charge in [-0.05, 0) is 61.9 Å². The van der Waals surface area contributed by atoms with E-state index >= 15 is 0 Å². The Morgan fingerprint density at radius 3 is 2.26 bits per heavy atom. The van der Waals surface area contributed by atoms with Gasteiger partial charge in [-0.15, -0.1) is 0 Å².